The van der Waals surface area contributed by atoms with Gasteiger partial charge in [0, 0.05) is 45.1 Å². The Labute approximate surface area is 158 Å². The van der Waals surface area contributed by atoms with Gasteiger partial charge in [0.05, 0.1) is 6.54 Å². The van der Waals surface area contributed by atoms with Crippen molar-refractivity contribution in [1.82, 2.24) is 20.1 Å². The number of aryl methyl sites for hydroxylation is 1. The Morgan fingerprint density at radius 2 is 1.92 bits per heavy atom. The maximum atomic E-state index is 4.67. The fourth-order valence-corrected chi connectivity index (χ4v) is 2.81. The molecule has 0 aliphatic heterocycles. The maximum Gasteiger partial charge on any atom is 0.191 e. The highest BCUT2D eigenvalue weighted by atomic mass is 15.2. The Balaban J connectivity index is 1.77. The van der Waals surface area contributed by atoms with E-state index in [2.05, 4.69) is 94.8 Å². The van der Waals surface area contributed by atoms with Crippen molar-refractivity contribution in [3.8, 4) is 0 Å². The molecular formula is C21H33N5. The molecule has 26 heavy (non-hydrogen) atoms. The van der Waals surface area contributed by atoms with E-state index in [9.17, 15) is 0 Å². The number of rotatable bonds is 9. The third-order valence-electron chi connectivity index (χ3n) is 4.54. The van der Waals surface area contributed by atoms with Gasteiger partial charge in [-0.2, -0.15) is 0 Å². The van der Waals surface area contributed by atoms with E-state index in [0.29, 0.717) is 12.6 Å². The topological polar surface area (TPSA) is 44.6 Å². The van der Waals surface area contributed by atoms with Gasteiger partial charge in [-0.1, -0.05) is 30.3 Å². The number of hydrogen-bond donors (Lipinski definition) is 2. The molecule has 0 fully saturated rings. The SMILES string of the molecule is CCNC(=NCc1ccn(C)c1)NCCC(C)N(C)Cc1ccccc1. The molecule has 1 aromatic carbocycles. The minimum atomic E-state index is 0.500. The van der Waals surface area contributed by atoms with Crippen molar-refractivity contribution in [2.45, 2.75) is 39.4 Å². The molecule has 1 aromatic heterocycles. The average Bonchev–Trinajstić information content (AvgIpc) is 3.05. The van der Waals surface area contributed by atoms with E-state index in [1.165, 1.54) is 11.1 Å². The molecule has 5 heteroatoms. The maximum absolute atomic E-state index is 4.67. The Hall–Kier alpha value is -2.27. The lowest BCUT2D eigenvalue weighted by Gasteiger charge is -2.25. The molecular weight excluding hydrogens is 322 g/mol. The van der Waals surface area contributed by atoms with Crippen LogP contribution in [0.3, 0.4) is 0 Å². The van der Waals surface area contributed by atoms with Crippen LogP contribution in [0.2, 0.25) is 0 Å². The van der Waals surface area contributed by atoms with Crippen molar-refractivity contribution in [3.05, 3.63) is 59.9 Å². The molecule has 0 amide bonds. The standard InChI is InChI=1S/C21H33N5/c1-5-22-21(24-15-20-12-14-25(3)16-20)23-13-11-18(2)26(4)17-19-9-7-6-8-10-19/h6-10,12,14,16,18H,5,11,13,15,17H2,1-4H3,(H2,22,23,24). The van der Waals surface area contributed by atoms with Crippen LogP contribution in [0.1, 0.15) is 31.4 Å². The first kappa shape index (κ1) is 20.0. The van der Waals surface area contributed by atoms with Crippen LogP contribution in [-0.2, 0) is 20.1 Å². The van der Waals surface area contributed by atoms with Crippen molar-refractivity contribution >= 4 is 5.96 Å². The van der Waals surface area contributed by atoms with Crippen LogP contribution < -0.4 is 10.6 Å². The summed E-state index contributed by atoms with van der Waals surface area (Å²) in [6.07, 6.45) is 5.22. The van der Waals surface area contributed by atoms with Crippen LogP contribution in [0.25, 0.3) is 0 Å². The molecule has 0 aliphatic rings. The van der Waals surface area contributed by atoms with E-state index >= 15 is 0 Å². The summed E-state index contributed by atoms with van der Waals surface area (Å²) in [6.45, 7) is 7.81. The van der Waals surface area contributed by atoms with Gasteiger partial charge in [-0.3, -0.25) is 4.90 Å². The molecule has 1 atom stereocenters. The fraction of sp³-hybridized carbons (Fsp3) is 0.476. The summed E-state index contributed by atoms with van der Waals surface area (Å²) in [5.74, 6) is 0.884. The summed E-state index contributed by atoms with van der Waals surface area (Å²) < 4.78 is 2.05. The third-order valence-corrected chi connectivity index (χ3v) is 4.54. The zero-order chi connectivity index (χ0) is 18.8. The van der Waals surface area contributed by atoms with Crippen molar-refractivity contribution in [2.75, 3.05) is 20.1 Å². The Morgan fingerprint density at radius 1 is 1.15 bits per heavy atom. The van der Waals surface area contributed by atoms with E-state index in [1.807, 2.05) is 7.05 Å². The summed E-state index contributed by atoms with van der Waals surface area (Å²) in [5, 5.41) is 6.77. The predicted molar refractivity (Wildman–Crippen MR) is 110 cm³/mol. The minimum Gasteiger partial charge on any atom is -0.357 e. The summed E-state index contributed by atoms with van der Waals surface area (Å²) in [6, 6.07) is 13.2. The second-order valence-electron chi connectivity index (χ2n) is 6.85. The summed E-state index contributed by atoms with van der Waals surface area (Å²) in [5.41, 5.74) is 2.58. The summed E-state index contributed by atoms with van der Waals surface area (Å²) in [7, 11) is 4.22. The van der Waals surface area contributed by atoms with Gasteiger partial charge in [-0.05, 0) is 44.5 Å². The highest BCUT2D eigenvalue weighted by molar-refractivity contribution is 5.79. The van der Waals surface area contributed by atoms with Crippen molar-refractivity contribution in [3.63, 3.8) is 0 Å². The van der Waals surface area contributed by atoms with Crippen molar-refractivity contribution < 1.29 is 0 Å². The van der Waals surface area contributed by atoms with Crippen LogP contribution in [0.4, 0.5) is 0 Å². The van der Waals surface area contributed by atoms with Crippen LogP contribution in [0.15, 0.2) is 53.8 Å². The number of nitrogens with one attached hydrogen (secondary N) is 2. The molecule has 0 aliphatic carbocycles. The van der Waals surface area contributed by atoms with E-state index in [4.69, 9.17) is 0 Å². The second-order valence-corrected chi connectivity index (χ2v) is 6.85. The molecule has 5 nitrogen and oxygen atoms in total. The average molecular weight is 356 g/mol. The monoisotopic (exact) mass is 355 g/mol. The molecule has 0 radical (unpaired) electrons. The van der Waals surface area contributed by atoms with Crippen LogP contribution >= 0.6 is 0 Å². The van der Waals surface area contributed by atoms with Crippen LogP contribution in [0.5, 0.6) is 0 Å². The fourth-order valence-electron chi connectivity index (χ4n) is 2.81. The molecule has 2 N–H and O–H groups in total. The lowest BCUT2D eigenvalue weighted by molar-refractivity contribution is 0.238. The van der Waals surface area contributed by atoms with E-state index < -0.39 is 0 Å². The number of hydrogen-bond acceptors (Lipinski definition) is 2. The first-order valence-electron chi connectivity index (χ1n) is 9.45. The van der Waals surface area contributed by atoms with Gasteiger partial charge in [-0.25, -0.2) is 4.99 Å². The van der Waals surface area contributed by atoms with Gasteiger partial charge in [0.15, 0.2) is 5.96 Å². The molecule has 1 heterocycles. The predicted octanol–water partition coefficient (Wildman–Crippen LogP) is 2.99. The normalized spacial score (nSPS) is 13.0. The van der Waals surface area contributed by atoms with Gasteiger partial charge in [0.1, 0.15) is 0 Å². The molecule has 0 saturated carbocycles. The Bertz CT molecular complexity index is 662. The molecule has 0 spiro atoms. The van der Waals surface area contributed by atoms with Crippen molar-refractivity contribution in [2.24, 2.45) is 12.0 Å². The smallest absolute Gasteiger partial charge is 0.191 e. The molecule has 1 unspecified atom stereocenters. The molecule has 142 valence electrons. The van der Waals surface area contributed by atoms with Gasteiger partial charge in [0.2, 0.25) is 0 Å². The molecule has 2 aromatic rings. The van der Waals surface area contributed by atoms with Gasteiger partial charge in [0.25, 0.3) is 0 Å². The largest absolute Gasteiger partial charge is 0.357 e. The van der Waals surface area contributed by atoms with Crippen LogP contribution in [0, 0.1) is 0 Å². The number of guanidine groups is 1. The first-order valence-corrected chi connectivity index (χ1v) is 9.45. The highest BCUT2D eigenvalue weighted by Crippen LogP contribution is 2.08. The molecule has 0 bridgehead atoms. The third kappa shape index (κ3) is 6.92. The van der Waals surface area contributed by atoms with Gasteiger partial charge < -0.3 is 15.2 Å². The number of aromatic nitrogens is 1. The van der Waals surface area contributed by atoms with Gasteiger partial charge >= 0.3 is 0 Å². The van der Waals surface area contributed by atoms with E-state index in [0.717, 1.165) is 32.0 Å². The first-order chi connectivity index (χ1) is 12.6. The summed E-state index contributed by atoms with van der Waals surface area (Å²) >= 11 is 0. The molecule has 0 saturated heterocycles. The zero-order valence-electron chi connectivity index (χ0n) is 16.6. The van der Waals surface area contributed by atoms with Crippen LogP contribution in [-0.4, -0.2) is 41.6 Å². The number of nitrogens with zero attached hydrogens (tertiary/aromatic N) is 3. The quantitative estimate of drug-likeness (QED) is 0.537. The molecule has 2 rings (SSSR count). The number of benzene rings is 1. The Morgan fingerprint density at radius 3 is 2.58 bits per heavy atom. The van der Waals surface area contributed by atoms with Gasteiger partial charge in [-0.15, -0.1) is 0 Å². The van der Waals surface area contributed by atoms with E-state index in [1.54, 1.807) is 0 Å². The zero-order valence-corrected chi connectivity index (χ0v) is 16.6. The highest BCUT2D eigenvalue weighted by Gasteiger charge is 2.09. The summed E-state index contributed by atoms with van der Waals surface area (Å²) in [4.78, 5) is 7.07. The second kappa shape index (κ2) is 10.7. The lowest BCUT2D eigenvalue weighted by atomic mass is 10.1. The minimum absolute atomic E-state index is 0.500. The Kier molecular flexibility index (Phi) is 8.22. The number of aliphatic imine (C=N–C) groups is 1. The lowest BCUT2D eigenvalue weighted by Crippen LogP contribution is -2.40. The van der Waals surface area contributed by atoms with Crippen molar-refractivity contribution in [1.29, 1.82) is 0 Å². The van der Waals surface area contributed by atoms with E-state index in [-0.39, 0.29) is 0 Å².